The molecule has 0 saturated carbocycles. The summed E-state index contributed by atoms with van der Waals surface area (Å²) in [7, 11) is 0. The van der Waals surface area contributed by atoms with E-state index in [1.807, 2.05) is 12.1 Å². The first-order chi connectivity index (χ1) is 13.9. The fourth-order valence-electron chi connectivity index (χ4n) is 3.36. The second-order valence-corrected chi connectivity index (χ2v) is 6.61. The highest BCUT2D eigenvalue weighted by atomic mass is 35.5. The van der Waals surface area contributed by atoms with Gasteiger partial charge in [-0.25, -0.2) is 4.39 Å². The highest BCUT2D eigenvalue weighted by Crippen LogP contribution is 2.39. The SMILES string of the molecule is Cl.Cl.Fc1cccc(-c2ccc(/C=C3\CCCN=C3c3cccnc3)o2)c1C(F)(F)F. The van der Waals surface area contributed by atoms with Crippen molar-refractivity contribution in [1.82, 2.24) is 4.98 Å². The third-order valence-electron chi connectivity index (χ3n) is 4.62. The zero-order valence-corrected chi connectivity index (χ0v) is 17.7. The minimum atomic E-state index is -4.82. The Morgan fingerprint density at radius 3 is 2.52 bits per heavy atom. The fraction of sp³-hybridized carbons (Fsp3) is 0.182. The molecule has 1 aromatic carbocycles. The first-order valence-corrected chi connectivity index (χ1v) is 9.05. The molecule has 9 heteroatoms. The predicted octanol–water partition coefficient (Wildman–Crippen LogP) is 7.01. The normalized spacial score (nSPS) is 15.1. The molecule has 3 heterocycles. The van der Waals surface area contributed by atoms with Crippen molar-refractivity contribution in [2.24, 2.45) is 4.99 Å². The van der Waals surface area contributed by atoms with Crippen LogP contribution < -0.4 is 0 Å². The van der Waals surface area contributed by atoms with Gasteiger partial charge in [-0.3, -0.25) is 9.98 Å². The van der Waals surface area contributed by atoms with Gasteiger partial charge in [-0.05, 0) is 54.8 Å². The first kappa shape index (κ1) is 24.6. The van der Waals surface area contributed by atoms with E-state index in [1.165, 1.54) is 18.2 Å². The van der Waals surface area contributed by atoms with Crippen molar-refractivity contribution in [2.45, 2.75) is 19.0 Å². The van der Waals surface area contributed by atoms with Crippen LogP contribution in [0.5, 0.6) is 0 Å². The highest BCUT2D eigenvalue weighted by molar-refractivity contribution is 6.15. The van der Waals surface area contributed by atoms with Crippen LogP contribution in [-0.4, -0.2) is 17.2 Å². The maximum Gasteiger partial charge on any atom is 0.419 e. The molecule has 164 valence electrons. The van der Waals surface area contributed by atoms with Crippen LogP contribution >= 0.6 is 24.8 Å². The van der Waals surface area contributed by atoms with Crippen molar-refractivity contribution in [1.29, 1.82) is 0 Å². The molecule has 0 aliphatic carbocycles. The molecule has 31 heavy (non-hydrogen) atoms. The van der Waals surface area contributed by atoms with Crippen LogP contribution in [0.3, 0.4) is 0 Å². The van der Waals surface area contributed by atoms with E-state index in [4.69, 9.17) is 4.42 Å². The van der Waals surface area contributed by atoms with Gasteiger partial charge in [0, 0.05) is 30.1 Å². The third-order valence-corrected chi connectivity index (χ3v) is 4.62. The predicted molar refractivity (Wildman–Crippen MR) is 116 cm³/mol. The van der Waals surface area contributed by atoms with Crippen molar-refractivity contribution < 1.29 is 22.0 Å². The summed E-state index contributed by atoms with van der Waals surface area (Å²) in [6, 6.07) is 9.93. The molecule has 0 unspecified atom stereocenters. The number of benzene rings is 1. The summed E-state index contributed by atoms with van der Waals surface area (Å²) >= 11 is 0. The molecule has 0 radical (unpaired) electrons. The van der Waals surface area contributed by atoms with E-state index in [1.54, 1.807) is 24.5 Å². The monoisotopic (exact) mass is 472 g/mol. The topological polar surface area (TPSA) is 38.4 Å². The quantitative estimate of drug-likeness (QED) is 0.384. The van der Waals surface area contributed by atoms with E-state index < -0.39 is 17.6 Å². The summed E-state index contributed by atoms with van der Waals surface area (Å²) in [5.74, 6) is -0.991. The number of hydrogen-bond donors (Lipinski definition) is 0. The lowest BCUT2D eigenvalue weighted by Gasteiger charge is -2.15. The van der Waals surface area contributed by atoms with Crippen molar-refractivity contribution in [3.05, 3.63) is 83.1 Å². The average molecular weight is 473 g/mol. The highest BCUT2D eigenvalue weighted by Gasteiger charge is 2.37. The summed E-state index contributed by atoms with van der Waals surface area (Å²) in [6.07, 6.45) is 1.96. The van der Waals surface area contributed by atoms with Crippen LogP contribution in [0, 0.1) is 5.82 Å². The second-order valence-electron chi connectivity index (χ2n) is 6.61. The number of pyridine rings is 1. The maximum absolute atomic E-state index is 13.9. The average Bonchev–Trinajstić information content (AvgIpc) is 3.16. The van der Waals surface area contributed by atoms with Crippen molar-refractivity contribution in [3.63, 3.8) is 0 Å². The molecular formula is C22H18Cl2F4N2O. The number of rotatable bonds is 3. The molecule has 1 aliphatic heterocycles. The number of allylic oxidation sites excluding steroid dienone is 1. The van der Waals surface area contributed by atoms with Crippen LogP contribution in [0.1, 0.15) is 29.7 Å². The van der Waals surface area contributed by atoms with Crippen LogP contribution in [0.15, 0.2) is 69.8 Å². The summed E-state index contributed by atoms with van der Waals surface area (Å²) in [6.45, 7) is 0.698. The maximum atomic E-state index is 13.9. The van der Waals surface area contributed by atoms with E-state index >= 15 is 0 Å². The molecule has 0 spiro atoms. The van der Waals surface area contributed by atoms with Crippen LogP contribution in [0.2, 0.25) is 0 Å². The van der Waals surface area contributed by atoms with Gasteiger partial charge in [0.25, 0.3) is 0 Å². The second kappa shape index (κ2) is 10.1. The minimum Gasteiger partial charge on any atom is -0.457 e. The van der Waals surface area contributed by atoms with Gasteiger partial charge in [0.2, 0.25) is 0 Å². The van der Waals surface area contributed by atoms with Crippen LogP contribution in [-0.2, 0) is 6.18 Å². The lowest BCUT2D eigenvalue weighted by atomic mass is 9.96. The van der Waals surface area contributed by atoms with Crippen LogP contribution in [0.25, 0.3) is 17.4 Å². The number of hydrogen-bond acceptors (Lipinski definition) is 3. The van der Waals surface area contributed by atoms with E-state index in [9.17, 15) is 17.6 Å². The first-order valence-electron chi connectivity index (χ1n) is 9.05. The molecule has 4 rings (SSSR count). The number of nitrogens with zero attached hydrogens (tertiary/aromatic N) is 2. The standard InChI is InChI=1S/C22H16F4N2O.2ClH/c23-18-7-1-6-17(20(18)22(24,25)26)19-9-8-16(29-19)12-14-4-3-11-28-21(14)15-5-2-10-27-13-15;;/h1-2,5-10,12-13H,3-4,11H2;2*1H/b14-12+;;. The summed E-state index contributed by atoms with van der Waals surface area (Å²) in [5, 5.41) is 0. The molecule has 0 N–H and O–H groups in total. The Labute approximate surface area is 188 Å². The Kier molecular flexibility index (Phi) is 8.03. The summed E-state index contributed by atoms with van der Waals surface area (Å²) < 4.78 is 59.4. The van der Waals surface area contributed by atoms with E-state index in [0.717, 1.165) is 35.8 Å². The third kappa shape index (κ3) is 5.35. The van der Waals surface area contributed by atoms with Gasteiger partial charge in [-0.1, -0.05) is 12.1 Å². The lowest BCUT2D eigenvalue weighted by Crippen LogP contribution is -2.11. The summed E-state index contributed by atoms with van der Waals surface area (Å²) in [4.78, 5) is 8.68. The Hall–Kier alpha value is -2.64. The lowest BCUT2D eigenvalue weighted by molar-refractivity contribution is -0.139. The molecular weight excluding hydrogens is 455 g/mol. The Balaban J connectivity index is 0.00000171. The largest absolute Gasteiger partial charge is 0.457 e. The van der Waals surface area contributed by atoms with E-state index in [2.05, 4.69) is 9.98 Å². The molecule has 0 saturated heterocycles. The number of aromatic nitrogens is 1. The van der Waals surface area contributed by atoms with Gasteiger partial charge >= 0.3 is 6.18 Å². The zero-order valence-electron chi connectivity index (χ0n) is 16.0. The van der Waals surface area contributed by atoms with Gasteiger partial charge < -0.3 is 4.42 Å². The smallest absolute Gasteiger partial charge is 0.419 e. The molecule has 3 aromatic rings. The fourth-order valence-corrected chi connectivity index (χ4v) is 3.36. The molecule has 0 bridgehead atoms. The van der Waals surface area contributed by atoms with Gasteiger partial charge in [0.05, 0.1) is 5.71 Å². The van der Waals surface area contributed by atoms with E-state index in [-0.39, 0.29) is 36.1 Å². The zero-order chi connectivity index (χ0) is 20.4. The molecule has 0 fully saturated rings. The Morgan fingerprint density at radius 2 is 1.81 bits per heavy atom. The number of halogens is 6. The van der Waals surface area contributed by atoms with Crippen LogP contribution in [0.4, 0.5) is 17.6 Å². The number of furan rings is 1. The Bertz CT molecular complexity index is 1090. The van der Waals surface area contributed by atoms with E-state index in [0.29, 0.717) is 12.3 Å². The molecule has 2 aromatic heterocycles. The van der Waals surface area contributed by atoms with Gasteiger partial charge in [-0.2, -0.15) is 13.2 Å². The molecule has 1 aliphatic rings. The van der Waals surface area contributed by atoms with Gasteiger partial charge in [-0.15, -0.1) is 24.8 Å². The van der Waals surface area contributed by atoms with Crippen molar-refractivity contribution >= 4 is 36.6 Å². The van der Waals surface area contributed by atoms with Crippen molar-refractivity contribution in [3.8, 4) is 11.3 Å². The van der Waals surface area contributed by atoms with Gasteiger partial charge in [0.1, 0.15) is 22.9 Å². The minimum absolute atomic E-state index is 0. The molecule has 3 nitrogen and oxygen atoms in total. The van der Waals surface area contributed by atoms with Crippen molar-refractivity contribution in [2.75, 3.05) is 6.54 Å². The molecule has 0 amide bonds. The van der Waals surface area contributed by atoms with Gasteiger partial charge in [0.15, 0.2) is 0 Å². The number of aliphatic imine (C=N–C) groups is 1. The summed E-state index contributed by atoms with van der Waals surface area (Å²) in [5.41, 5.74) is 0.926. The Morgan fingerprint density at radius 1 is 1.00 bits per heavy atom. The number of alkyl halides is 3. The molecule has 0 atom stereocenters.